The normalized spacial score (nSPS) is 17.3. The molecular formula is C18H22ClNO. The molecule has 1 unspecified atom stereocenters. The molecule has 1 aliphatic rings. The number of hydrogen-bond acceptors (Lipinski definition) is 2. The standard InChI is InChI=1S/C18H21NO.ClH/c1-14-12-19-10-9-16-11-17(7-8-18(14)16)20-13-15-5-3-2-4-6-15;/h2-8,11,14,19H,9-10,12-13H2,1H3;1H. The van der Waals surface area contributed by atoms with E-state index < -0.39 is 0 Å². The van der Waals surface area contributed by atoms with Crippen LogP contribution in [0.3, 0.4) is 0 Å². The Morgan fingerprint density at radius 3 is 2.76 bits per heavy atom. The van der Waals surface area contributed by atoms with Gasteiger partial charge in [0.25, 0.3) is 0 Å². The molecule has 0 bridgehead atoms. The number of halogens is 1. The molecule has 1 N–H and O–H groups in total. The van der Waals surface area contributed by atoms with Crippen molar-refractivity contribution in [1.82, 2.24) is 5.32 Å². The van der Waals surface area contributed by atoms with E-state index in [2.05, 4.69) is 42.6 Å². The average molecular weight is 304 g/mol. The van der Waals surface area contributed by atoms with Crippen molar-refractivity contribution in [3.8, 4) is 5.75 Å². The largest absolute Gasteiger partial charge is 0.489 e. The van der Waals surface area contributed by atoms with Crippen LogP contribution in [0, 0.1) is 0 Å². The van der Waals surface area contributed by atoms with Gasteiger partial charge in [0.2, 0.25) is 0 Å². The third-order valence-electron chi connectivity index (χ3n) is 3.92. The lowest BCUT2D eigenvalue weighted by atomic mass is 9.95. The summed E-state index contributed by atoms with van der Waals surface area (Å²) in [5.74, 6) is 1.55. The first kappa shape index (κ1) is 15.9. The highest BCUT2D eigenvalue weighted by molar-refractivity contribution is 5.85. The molecule has 0 spiro atoms. The first-order valence-electron chi connectivity index (χ1n) is 7.33. The van der Waals surface area contributed by atoms with Crippen LogP contribution in [0.25, 0.3) is 0 Å². The van der Waals surface area contributed by atoms with E-state index in [1.807, 2.05) is 18.2 Å². The molecule has 0 radical (unpaired) electrons. The van der Waals surface area contributed by atoms with Crippen LogP contribution >= 0.6 is 12.4 Å². The molecule has 1 atom stereocenters. The number of ether oxygens (including phenoxy) is 1. The van der Waals surface area contributed by atoms with Crippen molar-refractivity contribution < 1.29 is 4.74 Å². The molecule has 21 heavy (non-hydrogen) atoms. The minimum absolute atomic E-state index is 0. The van der Waals surface area contributed by atoms with Crippen molar-refractivity contribution in [2.45, 2.75) is 25.9 Å². The summed E-state index contributed by atoms with van der Waals surface area (Å²) in [5, 5.41) is 3.48. The molecule has 2 nitrogen and oxygen atoms in total. The van der Waals surface area contributed by atoms with E-state index in [9.17, 15) is 0 Å². The zero-order valence-electron chi connectivity index (χ0n) is 12.3. The Labute approximate surface area is 132 Å². The second-order valence-electron chi connectivity index (χ2n) is 5.49. The van der Waals surface area contributed by atoms with Gasteiger partial charge in [-0.3, -0.25) is 0 Å². The minimum atomic E-state index is 0. The molecule has 0 aliphatic carbocycles. The van der Waals surface area contributed by atoms with Gasteiger partial charge in [0.15, 0.2) is 0 Å². The van der Waals surface area contributed by atoms with E-state index in [0.29, 0.717) is 12.5 Å². The summed E-state index contributed by atoms with van der Waals surface area (Å²) in [4.78, 5) is 0. The predicted molar refractivity (Wildman–Crippen MR) is 89.5 cm³/mol. The second-order valence-corrected chi connectivity index (χ2v) is 5.49. The Kier molecular flexibility index (Phi) is 5.66. The van der Waals surface area contributed by atoms with E-state index in [0.717, 1.165) is 25.3 Å². The second kappa shape index (κ2) is 7.48. The Hall–Kier alpha value is -1.51. The highest BCUT2D eigenvalue weighted by atomic mass is 35.5. The van der Waals surface area contributed by atoms with Crippen LogP contribution in [0.5, 0.6) is 5.75 Å². The van der Waals surface area contributed by atoms with Gasteiger partial charge in [-0.15, -0.1) is 12.4 Å². The van der Waals surface area contributed by atoms with Crippen LogP contribution in [0.15, 0.2) is 48.5 Å². The highest BCUT2D eigenvalue weighted by Gasteiger charge is 2.14. The summed E-state index contributed by atoms with van der Waals surface area (Å²) >= 11 is 0. The molecule has 112 valence electrons. The molecule has 0 fully saturated rings. The van der Waals surface area contributed by atoms with Gasteiger partial charge < -0.3 is 10.1 Å². The molecule has 2 aromatic rings. The van der Waals surface area contributed by atoms with Crippen molar-refractivity contribution in [2.24, 2.45) is 0 Å². The Balaban J connectivity index is 0.00000161. The molecule has 3 rings (SSSR count). The van der Waals surface area contributed by atoms with Gasteiger partial charge in [-0.2, -0.15) is 0 Å². The molecule has 0 saturated heterocycles. The van der Waals surface area contributed by atoms with Crippen molar-refractivity contribution in [2.75, 3.05) is 13.1 Å². The molecule has 0 amide bonds. The summed E-state index contributed by atoms with van der Waals surface area (Å²) in [5.41, 5.74) is 4.09. The Morgan fingerprint density at radius 1 is 1.14 bits per heavy atom. The van der Waals surface area contributed by atoms with Crippen LogP contribution in [0.1, 0.15) is 29.5 Å². The van der Waals surface area contributed by atoms with E-state index in [1.165, 1.54) is 16.7 Å². The molecule has 2 aromatic carbocycles. The van der Waals surface area contributed by atoms with Gasteiger partial charge in [0.1, 0.15) is 12.4 Å². The van der Waals surface area contributed by atoms with Gasteiger partial charge in [-0.1, -0.05) is 43.3 Å². The summed E-state index contributed by atoms with van der Waals surface area (Å²) < 4.78 is 5.91. The van der Waals surface area contributed by atoms with E-state index in [-0.39, 0.29) is 12.4 Å². The summed E-state index contributed by atoms with van der Waals surface area (Å²) in [6, 6.07) is 16.8. The third kappa shape index (κ3) is 3.99. The summed E-state index contributed by atoms with van der Waals surface area (Å²) in [7, 11) is 0. The quantitative estimate of drug-likeness (QED) is 0.927. The maximum atomic E-state index is 5.91. The fourth-order valence-electron chi connectivity index (χ4n) is 2.76. The predicted octanol–water partition coefficient (Wildman–Crippen LogP) is 3.94. The number of nitrogens with one attached hydrogen (secondary N) is 1. The van der Waals surface area contributed by atoms with Crippen LogP contribution in [0.4, 0.5) is 0 Å². The topological polar surface area (TPSA) is 21.3 Å². The van der Waals surface area contributed by atoms with Gasteiger partial charge in [-0.25, -0.2) is 0 Å². The van der Waals surface area contributed by atoms with Gasteiger partial charge >= 0.3 is 0 Å². The fourth-order valence-corrected chi connectivity index (χ4v) is 2.76. The Morgan fingerprint density at radius 2 is 1.95 bits per heavy atom. The molecule has 1 aliphatic heterocycles. The molecular weight excluding hydrogens is 282 g/mol. The molecule has 0 saturated carbocycles. The maximum Gasteiger partial charge on any atom is 0.120 e. The van der Waals surface area contributed by atoms with Crippen molar-refractivity contribution in [1.29, 1.82) is 0 Å². The summed E-state index contributed by atoms with van der Waals surface area (Å²) in [6.07, 6.45) is 1.09. The monoisotopic (exact) mass is 303 g/mol. The lowest BCUT2D eigenvalue weighted by Gasteiger charge is -2.14. The van der Waals surface area contributed by atoms with E-state index >= 15 is 0 Å². The summed E-state index contributed by atoms with van der Waals surface area (Å²) in [6.45, 7) is 5.03. The zero-order chi connectivity index (χ0) is 13.8. The first-order chi connectivity index (χ1) is 9.83. The number of hydrogen-bond donors (Lipinski definition) is 1. The molecule has 3 heteroatoms. The Bertz CT molecular complexity index is 571. The lowest BCUT2D eigenvalue weighted by molar-refractivity contribution is 0.306. The van der Waals surface area contributed by atoms with Gasteiger partial charge in [0.05, 0.1) is 0 Å². The highest BCUT2D eigenvalue weighted by Crippen LogP contribution is 2.26. The number of benzene rings is 2. The van der Waals surface area contributed by atoms with Crippen LogP contribution in [0.2, 0.25) is 0 Å². The van der Waals surface area contributed by atoms with E-state index in [1.54, 1.807) is 0 Å². The van der Waals surface area contributed by atoms with Gasteiger partial charge in [0, 0.05) is 6.54 Å². The maximum absolute atomic E-state index is 5.91. The van der Waals surface area contributed by atoms with Crippen LogP contribution in [-0.4, -0.2) is 13.1 Å². The zero-order valence-corrected chi connectivity index (χ0v) is 13.2. The van der Waals surface area contributed by atoms with Gasteiger partial charge in [-0.05, 0) is 47.7 Å². The minimum Gasteiger partial charge on any atom is -0.489 e. The average Bonchev–Trinajstić information content (AvgIpc) is 2.68. The van der Waals surface area contributed by atoms with Crippen molar-refractivity contribution in [3.05, 3.63) is 65.2 Å². The first-order valence-corrected chi connectivity index (χ1v) is 7.33. The SMILES string of the molecule is CC1CNCCc2cc(OCc3ccccc3)ccc21.Cl. The molecule has 0 aromatic heterocycles. The van der Waals surface area contributed by atoms with Crippen LogP contribution in [-0.2, 0) is 13.0 Å². The van der Waals surface area contributed by atoms with Crippen molar-refractivity contribution >= 4 is 12.4 Å². The van der Waals surface area contributed by atoms with E-state index in [4.69, 9.17) is 4.74 Å². The smallest absolute Gasteiger partial charge is 0.120 e. The lowest BCUT2D eigenvalue weighted by Crippen LogP contribution is -2.18. The third-order valence-corrected chi connectivity index (χ3v) is 3.92. The van der Waals surface area contributed by atoms with Crippen LogP contribution < -0.4 is 10.1 Å². The van der Waals surface area contributed by atoms with Crippen molar-refractivity contribution in [3.63, 3.8) is 0 Å². The number of rotatable bonds is 3. The molecule has 1 heterocycles. The fraction of sp³-hybridized carbons (Fsp3) is 0.333. The number of fused-ring (bicyclic) bond motifs is 1.